The number of carbonyl (C=O) groups is 1. The van der Waals surface area contributed by atoms with Crippen LogP contribution in [0, 0.1) is 6.92 Å². The molecule has 21 heavy (non-hydrogen) atoms. The number of aryl methyl sites for hydroxylation is 1. The van der Waals surface area contributed by atoms with Crippen molar-refractivity contribution in [1.82, 2.24) is 15.2 Å². The Hall–Kier alpha value is -2.12. The molecule has 0 aliphatic carbocycles. The first kappa shape index (κ1) is 13.8. The number of thiazole rings is 1. The predicted octanol–water partition coefficient (Wildman–Crippen LogP) is 3.15. The minimum Gasteiger partial charge on any atom is -0.300 e. The van der Waals surface area contributed by atoms with Crippen molar-refractivity contribution in [3.63, 3.8) is 0 Å². The standard InChI is InChI=1S/C14H12N4OS2/c1-9-15-11(8-20-9)7-12(19)16-14-18-17-13(21-14)10-5-3-2-4-6-10/h2-6,8H,7H2,1H3,(H,16,18,19). The average molecular weight is 316 g/mol. The van der Waals surface area contributed by atoms with Gasteiger partial charge in [0.2, 0.25) is 11.0 Å². The van der Waals surface area contributed by atoms with Gasteiger partial charge in [0.25, 0.3) is 0 Å². The van der Waals surface area contributed by atoms with E-state index in [1.54, 1.807) is 0 Å². The summed E-state index contributed by atoms with van der Waals surface area (Å²) in [6, 6.07) is 9.76. The number of nitrogens with zero attached hydrogens (tertiary/aromatic N) is 3. The summed E-state index contributed by atoms with van der Waals surface area (Å²) >= 11 is 2.90. The number of amides is 1. The molecule has 5 nitrogen and oxygen atoms in total. The van der Waals surface area contributed by atoms with Crippen LogP contribution < -0.4 is 5.32 Å². The lowest BCUT2D eigenvalue weighted by atomic mass is 10.2. The first-order valence-corrected chi connectivity index (χ1v) is 8.00. The van der Waals surface area contributed by atoms with Crippen molar-refractivity contribution in [1.29, 1.82) is 0 Å². The topological polar surface area (TPSA) is 67.8 Å². The van der Waals surface area contributed by atoms with Crippen molar-refractivity contribution in [3.05, 3.63) is 46.4 Å². The minimum atomic E-state index is -0.129. The third kappa shape index (κ3) is 3.50. The fourth-order valence-electron chi connectivity index (χ4n) is 1.79. The number of hydrogen-bond donors (Lipinski definition) is 1. The van der Waals surface area contributed by atoms with Gasteiger partial charge in [-0.15, -0.1) is 21.5 Å². The molecule has 0 unspecified atom stereocenters. The van der Waals surface area contributed by atoms with Crippen LogP contribution in [0.2, 0.25) is 0 Å². The van der Waals surface area contributed by atoms with E-state index in [4.69, 9.17) is 0 Å². The Morgan fingerprint density at radius 3 is 2.76 bits per heavy atom. The van der Waals surface area contributed by atoms with Crippen LogP contribution in [0.1, 0.15) is 10.7 Å². The fraction of sp³-hybridized carbons (Fsp3) is 0.143. The van der Waals surface area contributed by atoms with E-state index in [9.17, 15) is 4.79 Å². The van der Waals surface area contributed by atoms with Crippen LogP contribution in [-0.4, -0.2) is 21.1 Å². The second-order valence-corrected chi connectivity index (χ2v) is 6.40. The molecule has 1 amide bonds. The van der Waals surface area contributed by atoms with Gasteiger partial charge in [0.1, 0.15) is 5.01 Å². The van der Waals surface area contributed by atoms with Crippen molar-refractivity contribution in [2.75, 3.05) is 5.32 Å². The lowest BCUT2D eigenvalue weighted by Crippen LogP contribution is -2.14. The van der Waals surface area contributed by atoms with Gasteiger partial charge in [-0.1, -0.05) is 41.7 Å². The second kappa shape index (κ2) is 6.11. The van der Waals surface area contributed by atoms with Crippen LogP contribution in [0.25, 0.3) is 10.6 Å². The van der Waals surface area contributed by atoms with Gasteiger partial charge in [0.15, 0.2) is 0 Å². The van der Waals surface area contributed by atoms with Crippen molar-refractivity contribution >= 4 is 33.7 Å². The van der Waals surface area contributed by atoms with E-state index in [0.29, 0.717) is 5.13 Å². The Labute approximate surface area is 129 Å². The Kier molecular flexibility index (Phi) is 4.03. The molecule has 3 rings (SSSR count). The molecule has 0 fully saturated rings. The number of hydrogen-bond acceptors (Lipinski definition) is 6. The maximum atomic E-state index is 11.9. The second-order valence-electron chi connectivity index (χ2n) is 4.36. The van der Waals surface area contributed by atoms with Crippen molar-refractivity contribution < 1.29 is 4.79 Å². The number of carbonyl (C=O) groups excluding carboxylic acids is 1. The van der Waals surface area contributed by atoms with Crippen LogP contribution in [0.5, 0.6) is 0 Å². The van der Waals surface area contributed by atoms with E-state index < -0.39 is 0 Å². The molecule has 0 aliphatic rings. The highest BCUT2D eigenvalue weighted by atomic mass is 32.1. The number of aromatic nitrogens is 3. The molecule has 0 bridgehead atoms. The molecule has 0 atom stereocenters. The molecular formula is C14H12N4OS2. The molecule has 1 aromatic carbocycles. The molecule has 3 aromatic rings. The molecule has 1 N–H and O–H groups in total. The lowest BCUT2D eigenvalue weighted by Gasteiger charge is -1.98. The van der Waals surface area contributed by atoms with Crippen molar-refractivity contribution in [2.45, 2.75) is 13.3 Å². The zero-order chi connectivity index (χ0) is 14.7. The van der Waals surface area contributed by atoms with E-state index >= 15 is 0 Å². The Balaban J connectivity index is 1.66. The summed E-state index contributed by atoms with van der Waals surface area (Å²) in [6.45, 7) is 1.92. The van der Waals surface area contributed by atoms with E-state index in [1.165, 1.54) is 22.7 Å². The zero-order valence-corrected chi connectivity index (χ0v) is 12.9. The highest BCUT2D eigenvalue weighted by Gasteiger charge is 2.11. The monoisotopic (exact) mass is 316 g/mol. The van der Waals surface area contributed by atoms with Gasteiger partial charge in [-0.05, 0) is 6.92 Å². The van der Waals surface area contributed by atoms with E-state index in [-0.39, 0.29) is 12.3 Å². The van der Waals surface area contributed by atoms with Gasteiger partial charge in [0, 0.05) is 10.9 Å². The van der Waals surface area contributed by atoms with Gasteiger partial charge in [-0.2, -0.15) is 0 Å². The number of nitrogens with one attached hydrogen (secondary N) is 1. The van der Waals surface area contributed by atoms with Crippen LogP contribution in [-0.2, 0) is 11.2 Å². The molecule has 2 heterocycles. The summed E-state index contributed by atoms with van der Waals surface area (Å²) in [5, 5.41) is 15.0. The van der Waals surface area contributed by atoms with Crippen LogP contribution in [0.4, 0.5) is 5.13 Å². The molecule has 0 radical (unpaired) electrons. The molecule has 0 aliphatic heterocycles. The normalized spacial score (nSPS) is 10.5. The van der Waals surface area contributed by atoms with E-state index in [1.807, 2.05) is 42.6 Å². The summed E-state index contributed by atoms with van der Waals surface area (Å²) in [6.07, 6.45) is 0.255. The first-order chi connectivity index (χ1) is 10.2. The molecule has 2 aromatic heterocycles. The summed E-state index contributed by atoms with van der Waals surface area (Å²) < 4.78 is 0. The summed E-state index contributed by atoms with van der Waals surface area (Å²) in [5.41, 5.74) is 1.77. The van der Waals surface area contributed by atoms with Gasteiger partial charge in [-0.25, -0.2) is 4.98 Å². The molecule has 7 heteroatoms. The third-order valence-corrected chi connectivity index (χ3v) is 4.41. The third-order valence-electron chi connectivity index (χ3n) is 2.70. The molecule has 0 saturated heterocycles. The SMILES string of the molecule is Cc1nc(CC(=O)Nc2nnc(-c3ccccc3)s2)cs1. The Bertz CT molecular complexity index is 751. The smallest absolute Gasteiger partial charge is 0.232 e. The zero-order valence-electron chi connectivity index (χ0n) is 11.2. The molecule has 0 spiro atoms. The van der Waals surface area contributed by atoms with E-state index in [2.05, 4.69) is 20.5 Å². The number of rotatable bonds is 4. The minimum absolute atomic E-state index is 0.129. The molecule has 0 saturated carbocycles. The first-order valence-electron chi connectivity index (χ1n) is 6.30. The Morgan fingerprint density at radius 1 is 1.24 bits per heavy atom. The largest absolute Gasteiger partial charge is 0.300 e. The number of benzene rings is 1. The highest BCUT2D eigenvalue weighted by Crippen LogP contribution is 2.25. The average Bonchev–Trinajstić information content (AvgIpc) is 3.09. The maximum Gasteiger partial charge on any atom is 0.232 e. The van der Waals surface area contributed by atoms with Crippen LogP contribution in [0.15, 0.2) is 35.7 Å². The molecular weight excluding hydrogens is 304 g/mol. The fourth-order valence-corrected chi connectivity index (χ4v) is 3.17. The van der Waals surface area contributed by atoms with Crippen LogP contribution >= 0.6 is 22.7 Å². The van der Waals surface area contributed by atoms with Crippen molar-refractivity contribution in [2.24, 2.45) is 0 Å². The van der Waals surface area contributed by atoms with E-state index in [0.717, 1.165) is 21.3 Å². The highest BCUT2D eigenvalue weighted by molar-refractivity contribution is 7.18. The molecule has 106 valence electrons. The summed E-state index contributed by atoms with van der Waals surface area (Å²) in [4.78, 5) is 16.2. The van der Waals surface area contributed by atoms with Gasteiger partial charge >= 0.3 is 0 Å². The summed E-state index contributed by atoms with van der Waals surface area (Å²) in [7, 11) is 0. The maximum absolute atomic E-state index is 11.9. The number of anilines is 1. The summed E-state index contributed by atoms with van der Waals surface area (Å²) in [5.74, 6) is -0.129. The van der Waals surface area contributed by atoms with Gasteiger partial charge in [0.05, 0.1) is 17.1 Å². The van der Waals surface area contributed by atoms with Crippen LogP contribution in [0.3, 0.4) is 0 Å². The van der Waals surface area contributed by atoms with Crippen molar-refractivity contribution in [3.8, 4) is 10.6 Å². The van der Waals surface area contributed by atoms with Gasteiger partial charge in [-0.3, -0.25) is 4.79 Å². The quantitative estimate of drug-likeness (QED) is 0.803. The Morgan fingerprint density at radius 2 is 2.05 bits per heavy atom. The van der Waals surface area contributed by atoms with Gasteiger partial charge < -0.3 is 5.32 Å². The predicted molar refractivity (Wildman–Crippen MR) is 84.5 cm³/mol. The lowest BCUT2D eigenvalue weighted by molar-refractivity contribution is -0.115.